The Kier molecular flexibility index (Phi) is 32.9. The molecule has 0 spiro atoms. The van der Waals surface area contributed by atoms with Gasteiger partial charge in [-0.15, -0.1) is 0 Å². The van der Waals surface area contributed by atoms with E-state index < -0.39 is 40.0 Å². The van der Waals surface area contributed by atoms with E-state index in [1.165, 1.54) is 115 Å². The van der Waals surface area contributed by atoms with Crippen molar-refractivity contribution in [1.29, 1.82) is 0 Å². The molecule has 0 bridgehead atoms. The van der Waals surface area contributed by atoms with Gasteiger partial charge in [0.05, 0.1) is 17.9 Å². The number of amides is 1. The molecule has 0 aliphatic heterocycles. The van der Waals surface area contributed by atoms with Crippen LogP contribution in [0.4, 0.5) is 0 Å². The molecule has 0 radical (unpaired) electrons. The highest BCUT2D eigenvalue weighted by molar-refractivity contribution is 7.85. The molecule has 3 atom stereocenters. The fourth-order valence-electron chi connectivity index (χ4n) is 5.84. The number of hydrogen-bond donors (Lipinski definition) is 4. The van der Waals surface area contributed by atoms with Gasteiger partial charge in [0.2, 0.25) is 5.91 Å². The third kappa shape index (κ3) is 33.0. The van der Waals surface area contributed by atoms with E-state index in [2.05, 4.69) is 43.5 Å². The van der Waals surface area contributed by atoms with Crippen molar-refractivity contribution in [2.75, 3.05) is 5.75 Å². The van der Waals surface area contributed by atoms with Crippen molar-refractivity contribution in [1.82, 2.24) is 5.32 Å². The second-order valence-electron chi connectivity index (χ2n) is 13.7. The molecular weight excluding hydrogens is 623 g/mol. The van der Waals surface area contributed by atoms with Crippen molar-refractivity contribution in [3.63, 3.8) is 0 Å². The van der Waals surface area contributed by atoms with Gasteiger partial charge in [0.25, 0.3) is 10.1 Å². The molecule has 7 nitrogen and oxygen atoms in total. The molecule has 0 saturated carbocycles. The summed E-state index contributed by atoms with van der Waals surface area (Å²) in [6.45, 7) is 4.49. The maximum absolute atomic E-state index is 12.5. The summed E-state index contributed by atoms with van der Waals surface area (Å²) in [5.41, 5.74) is 0. The minimum absolute atomic E-state index is 0.273. The van der Waals surface area contributed by atoms with E-state index in [0.717, 1.165) is 44.9 Å². The van der Waals surface area contributed by atoms with E-state index >= 15 is 0 Å². The normalized spacial score (nSPS) is 14.4. The third-order valence-electron chi connectivity index (χ3n) is 8.90. The van der Waals surface area contributed by atoms with Gasteiger partial charge in [-0.25, -0.2) is 0 Å². The lowest BCUT2D eigenvalue weighted by Crippen LogP contribution is -2.50. The summed E-state index contributed by atoms with van der Waals surface area (Å²) in [5, 5.41) is 23.3. The van der Waals surface area contributed by atoms with E-state index in [1.54, 1.807) is 6.08 Å². The molecule has 0 aromatic carbocycles. The van der Waals surface area contributed by atoms with Crippen LogP contribution in [0.1, 0.15) is 187 Å². The van der Waals surface area contributed by atoms with Crippen molar-refractivity contribution in [3.8, 4) is 0 Å². The molecule has 48 heavy (non-hydrogen) atoms. The van der Waals surface area contributed by atoms with Gasteiger partial charge in [-0.3, -0.25) is 9.35 Å². The van der Waals surface area contributed by atoms with Crippen molar-refractivity contribution < 1.29 is 28.0 Å². The summed E-state index contributed by atoms with van der Waals surface area (Å²) in [6.07, 6.45) is 40.6. The van der Waals surface area contributed by atoms with Crippen LogP contribution in [0.25, 0.3) is 0 Å². The van der Waals surface area contributed by atoms with E-state index in [0.29, 0.717) is 12.8 Å². The number of allylic oxidation sites excluding steroid dienone is 5. The van der Waals surface area contributed by atoms with Crippen LogP contribution < -0.4 is 5.32 Å². The van der Waals surface area contributed by atoms with E-state index in [-0.39, 0.29) is 6.42 Å². The van der Waals surface area contributed by atoms with Gasteiger partial charge >= 0.3 is 0 Å². The summed E-state index contributed by atoms with van der Waals surface area (Å²) in [7, 11) is -4.45. The summed E-state index contributed by atoms with van der Waals surface area (Å²) >= 11 is 0. The van der Waals surface area contributed by atoms with Crippen LogP contribution in [0.3, 0.4) is 0 Å². The molecular formula is C40H75NO6S. The number of carbonyl (C=O) groups excluding carboxylic acids is 1. The first kappa shape index (κ1) is 46.5. The maximum atomic E-state index is 12.5. The molecule has 0 aliphatic rings. The van der Waals surface area contributed by atoms with Crippen LogP contribution in [-0.2, 0) is 14.9 Å². The lowest BCUT2D eigenvalue weighted by molar-refractivity contribution is -0.130. The Bertz CT molecular complexity index is 917. The largest absolute Gasteiger partial charge is 0.387 e. The van der Waals surface area contributed by atoms with Gasteiger partial charge in [0.1, 0.15) is 6.10 Å². The minimum atomic E-state index is -4.45. The van der Waals surface area contributed by atoms with Gasteiger partial charge in [0, 0.05) is 0 Å². The Balaban J connectivity index is 4.14. The van der Waals surface area contributed by atoms with Gasteiger partial charge in [-0.05, 0) is 44.9 Å². The Labute approximate surface area is 296 Å². The van der Waals surface area contributed by atoms with Crippen molar-refractivity contribution in [2.45, 2.75) is 205 Å². The van der Waals surface area contributed by atoms with Gasteiger partial charge in [0.15, 0.2) is 0 Å². The summed E-state index contributed by atoms with van der Waals surface area (Å²) in [5.74, 6) is -1.56. The lowest BCUT2D eigenvalue weighted by Gasteiger charge is -2.22. The predicted octanol–water partition coefficient (Wildman–Crippen LogP) is 10.3. The number of carbonyl (C=O) groups is 1. The number of unbranched alkanes of at least 4 members (excludes halogenated alkanes) is 22. The van der Waals surface area contributed by atoms with Crippen LogP contribution >= 0.6 is 0 Å². The molecule has 0 rings (SSSR count). The summed E-state index contributed by atoms with van der Waals surface area (Å²) in [4.78, 5) is 12.5. The molecule has 1 amide bonds. The highest BCUT2D eigenvalue weighted by Crippen LogP contribution is 2.14. The van der Waals surface area contributed by atoms with Gasteiger partial charge in [-0.2, -0.15) is 8.42 Å². The molecule has 4 N–H and O–H groups in total. The van der Waals surface area contributed by atoms with E-state index in [1.807, 2.05) is 0 Å². The smallest absolute Gasteiger partial charge is 0.267 e. The highest BCUT2D eigenvalue weighted by Gasteiger charge is 2.27. The van der Waals surface area contributed by atoms with Crippen molar-refractivity contribution in [3.05, 3.63) is 36.5 Å². The van der Waals surface area contributed by atoms with Crippen molar-refractivity contribution in [2.24, 2.45) is 0 Å². The third-order valence-corrected chi connectivity index (χ3v) is 9.69. The zero-order chi connectivity index (χ0) is 35.6. The van der Waals surface area contributed by atoms with Crippen LogP contribution in [-0.4, -0.2) is 53.1 Å². The first-order chi connectivity index (χ1) is 23.2. The monoisotopic (exact) mass is 698 g/mol. The molecule has 0 aliphatic carbocycles. The van der Waals surface area contributed by atoms with Crippen LogP contribution in [0.2, 0.25) is 0 Å². The number of aliphatic hydroxyl groups excluding tert-OH is 2. The number of rotatable bonds is 35. The fourth-order valence-corrected chi connectivity index (χ4v) is 6.57. The average Bonchev–Trinajstić information content (AvgIpc) is 3.05. The summed E-state index contributed by atoms with van der Waals surface area (Å²) < 4.78 is 32.4. The van der Waals surface area contributed by atoms with Crippen LogP contribution in [0.5, 0.6) is 0 Å². The standard InChI is InChI=1S/C40H75NO6S/c1-3-5-7-9-11-13-15-17-18-19-20-21-22-23-25-26-28-30-32-34-38(42)37(36-48(45,46)47)41-40(44)39(43)35-33-31-29-27-24-16-14-12-10-8-6-4-2/h20-21,25-26,32,34,37-39,42-43H,3-19,22-24,27-31,33,35-36H2,1-2H3,(H,41,44)(H,45,46,47)/b21-20+,26-25+,34-32+. The lowest BCUT2D eigenvalue weighted by atomic mass is 10.0. The Morgan fingerprint density at radius 2 is 0.938 bits per heavy atom. The fraction of sp³-hybridized carbons (Fsp3) is 0.825. The van der Waals surface area contributed by atoms with Crippen LogP contribution in [0, 0.1) is 0 Å². The topological polar surface area (TPSA) is 124 Å². The SMILES string of the molecule is CCCCCCCCCCC/C=C/CC/C=C/CC/C=C/C(O)C(CS(=O)(=O)O)NC(=O)C(O)CCCCCCCCCCCCCC. The Morgan fingerprint density at radius 1 is 0.562 bits per heavy atom. The molecule has 0 heterocycles. The zero-order valence-electron chi connectivity index (χ0n) is 31.0. The molecule has 282 valence electrons. The second-order valence-corrected chi connectivity index (χ2v) is 15.2. The molecule has 0 aromatic heterocycles. The quantitative estimate of drug-likeness (QED) is 0.0297. The van der Waals surface area contributed by atoms with E-state index in [9.17, 15) is 28.0 Å². The van der Waals surface area contributed by atoms with Crippen LogP contribution in [0.15, 0.2) is 36.5 Å². The number of hydrogen-bond acceptors (Lipinski definition) is 5. The number of nitrogens with one attached hydrogen (secondary N) is 1. The highest BCUT2D eigenvalue weighted by atomic mass is 32.2. The molecule has 8 heteroatoms. The Hall–Kier alpha value is -1.48. The first-order valence-electron chi connectivity index (χ1n) is 19.8. The molecule has 3 unspecified atom stereocenters. The minimum Gasteiger partial charge on any atom is -0.387 e. The Morgan fingerprint density at radius 3 is 1.38 bits per heavy atom. The maximum Gasteiger partial charge on any atom is 0.267 e. The molecule has 0 fully saturated rings. The van der Waals surface area contributed by atoms with Crippen molar-refractivity contribution >= 4 is 16.0 Å². The number of aliphatic hydroxyl groups is 2. The average molecular weight is 698 g/mol. The zero-order valence-corrected chi connectivity index (χ0v) is 31.8. The summed E-state index contributed by atoms with van der Waals surface area (Å²) in [6, 6.07) is -1.25. The van der Waals surface area contributed by atoms with E-state index in [4.69, 9.17) is 0 Å². The predicted molar refractivity (Wildman–Crippen MR) is 204 cm³/mol. The first-order valence-corrected chi connectivity index (χ1v) is 21.4. The molecule has 0 aromatic rings. The second kappa shape index (κ2) is 34.0. The van der Waals surface area contributed by atoms with Gasteiger partial charge in [-0.1, -0.05) is 179 Å². The molecule has 0 saturated heterocycles. The van der Waals surface area contributed by atoms with Gasteiger partial charge < -0.3 is 15.5 Å².